The Morgan fingerprint density at radius 1 is 1.35 bits per heavy atom. The second-order valence-electron chi connectivity index (χ2n) is 5.17. The molecule has 0 aromatic heterocycles. The molecule has 1 aromatic rings. The minimum atomic E-state index is -4.34. The molecule has 1 fully saturated rings. The van der Waals surface area contributed by atoms with Crippen LogP contribution >= 0.6 is 0 Å². The van der Waals surface area contributed by atoms with Crippen molar-refractivity contribution in [3.05, 3.63) is 35.6 Å². The lowest BCUT2D eigenvalue weighted by molar-refractivity contribution is 0.000725. The Hall–Kier alpha value is -1.55. The zero-order valence-corrected chi connectivity index (χ0v) is 13.2. The van der Waals surface area contributed by atoms with Gasteiger partial charge in [0, 0.05) is 19.6 Å². The van der Waals surface area contributed by atoms with E-state index in [2.05, 4.69) is 0 Å². The van der Waals surface area contributed by atoms with Gasteiger partial charge in [-0.1, -0.05) is 12.1 Å². The molecule has 0 aliphatic carbocycles. The number of hydrogen-bond donors (Lipinski definition) is 1. The Balaban J connectivity index is 2.07. The highest BCUT2D eigenvalue weighted by atomic mass is 32.2. The van der Waals surface area contributed by atoms with E-state index in [1.54, 1.807) is 0 Å². The maximum absolute atomic E-state index is 13.6. The highest BCUT2D eigenvalue weighted by molar-refractivity contribution is 7.85. The lowest BCUT2D eigenvalue weighted by Gasteiger charge is -2.29. The number of morpholine rings is 1. The van der Waals surface area contributed by atoms with Gasteiger partial charge in [-0.3, -0.25) is 9.45 Å². The largest absolute Gasteiger partial charge is 0.456 e. The van der Waals surface area contributed by atoms with Crippen LogP contribution in [-0.4, -0.2) is 68.5 Å². The number of hydrogen-bond acceptors (Lipinski definition) is 6. The molecule has 1 unspecified atom stereocenters. The number of rotatable bonds is 6. The van der Waals surface area contributed by atoms with Crippen molar-refractivity contribution >= 4 is 16.1 Å². The zero-order valence-electron chi connectivity index (χ0n) is 12.4. The smallest absolute Gasteiger partial charge is 0.341 e. The first-order chi connectivity index (χ1) is 10.8. The lowest BCUT2D eigenvalue weighted by atomic mass is 10.2. The van der Waals surface area contributed by atoms with Crippen LogP contribution in [0.5, 0.6) is 0 Å². The summed E-state index contributed by atoms with van der Waals surface area (Å²) in [6.07, 6.45) is -1.10. The van der Waals surface area contributed by atoms with Crippen LogP contribution in [0.3, 0.4) is 0 Å². The summed E-state index contributed by atoms with van der Waals surface area (Å²) in [4.78, 5) is 13.9. The van der Waals surface area contributed by atoms with Gasteiger partial charge in [0.25, 0.3) is 10.1 Å². The Morgan fingerprint density at radius 3 is 2.61 bits per heavy atom. The van der Waals surface area contributed by atoms with Crippen LogP contribution in [0.1, 0.15) is 10.4 Å². The van der Waals surface area contributed by atoms with E-state index in [0.29, 0.717) is 26.3 Å². The number of carbonyl (C=O) groups is 1. The normalized spacial score (nSPS) is 17.7. The summed E-state index contributed by atoms with van der Waals surface area (Å²) in [7, 11) is -4.34. The van der Waals surface area contributed by atoms with Crippen LogP contribution in [0, 0.1) is 5.82 Å². The Bertz CT molecular complexity index is 644. The molecular weight excluding hydrogens is 329 g/mol. The van der Waals surface area contributed by atoms with E-state index in [-0.39, 0.29) is 12.1 Å². The molecule has 1 N–H and O–H groups in total. The summed E-state index contributed by atoms with van der Waals surface area (Å²) in [6.45, 7) is 2.20. The molecule has 0 bridgehead atoms. The van der Waals surface area contributed by atoms with Crippen LogP contribution in [0.4, 0.5) is 4.39 Å². The molecule has 0 spiro atoms. The maximum atomic E-state index is 13.6. The average molecular weight is 347 g/mol. The van der Waals surface area contributed by atoms with Crippen molar-refractivity contribution in [3.8, 4) is 0 Å². The number of ether oxygens (including phenoxy) is 2. The standard InChI is InChI=1S/C14H18FNO6S/c15-13-4-2-1-3-12(13)14(17)22-11(10-23(18,19)20)9-16-5-7-21-8-6-16/h1-4,11H,5-10H2,(H,18,19,20). The topological polar surface area (TPSA) is 93.1 Å². The van der Waals surface area contributed by atoms with Gasteiger partial charge in [-0.2, -0.15) is 8.42 Å². The van der Waals surface area contributed by atoms with E-state index in [0.717, 1.165) is 6.07 Å². The number of benzene rings is 1. The van der Waals surface area contributed by atoms with E-state index in [4.69, 9.17) is 14.0 Å². The minimum Gasteiger partial charge on any atom is -0.456 e. The van der Waals surface area contributed by atoms with Gasteiger partial charge < -0.3 is 9.47 Å². The average Bonchev–Trinajstić information content (AvgIpc) is 2.46. The minimum absolute atomic E-state index is 0.114. The third-order valence-corrected chi connectivity index (χ3v) is 4.12. The summed E-state index contributed by atoms with van der Waals surface area (Å²) >= 11 is 0. The van der Waals surface area contributed by atoms with Crippen molar-refractivity contribution in [2.45, 2.75) is 6.10 Å². The number of carbonyl (C=O) groups excluding carboxylic acids is 1. The molecule has 23 heavy (non-hydrogen) atoms. The van der Waals surface area contributed by atoms with Crippen molar-refractivity contribution in [1.29, 1.82) is 0 Å². The van der Waals surface area contributed by atoms with Crippen LogP contribution in [0.25, 0.3) is 0 Å². The molecule has 9 heteroatoms. The molecule has 0 amide bonds. The summed E-state index contributed by atoms with van der Waals surface area (Å²) in [5, 5.41) is 0. The van der Waals surface area contributed by atoms with E-state index in [1.165, 1.54) is 18.2 Å². The molecule has 1 aliphatic heterocycles. The summed E-state index contributed by atoms with van der Waals surface area (Å²) in [5.74, 6) is -2.47. The fourth-order valence-corrected chi connectivity index (χ4v) is 2.92. The molecular formula is C14H18FNO6S. The van der Waals surface area contributed by atoms with E-state index < -0.39 is 33.8 Å². The SMILES string of the molecule is O=C(OC(CN1CCOCC1)CS(=O)(=O)O)c1ccccc1F. The van der Waals surface area contributed by atoms with Crippen molar-refractivity contribution in [1.82, 2.24) is 4.90 Å². The van der Waals surface area contributed by atoms with Gasteiger partial charge in [0.15, 0.2) is 0 Å². The summed E-state index contributed by atoms with van der Waals surface area (Å²) < 4.78 is 55.1. The van der Waals surface area contributed by atoms with E-state index in [9.17, 15) is 17.6 Å². The molecule has 1 heterocycles. The fraction of sp³-hybridized carbons (Fsp3) is 0.500. The van der Waals surface area contributed by atoms with Gasteiger partial charge in [-0.05, 0) is 12.1 Å². The molecule has 0 radical (unpaired) electrons. The molecule has 1 saturated heterocycles. The predicted octanol–water partition coefficient (Wildman–Crippen LogP) is 0.571. The molecule has 7 nitrogen and oxygen atoms in total. The number of halogens is 1. The Labute approximate surface area is 133 Å². The quantitative estimate of drug-likeness (QED) is 0.594. The molecule has 0 saturated carbocycles. The highest BCUT2D eigenvalue weighted by Gasteiger charge is 2.26. The monoisotopic (exact) mass is 347 g/mol. The molecule has 1 aromatic carbocycles. The third-order valence-electron chi connectivity index (χ3n) is 3.33. The fourth-order valence-electron chi connectivity index (χ4n) is 2.27. The Kier molecular flexibility index (Phi) is 6.05. The first kappa shape index (κ1) is 17.8. The first-order valence-corrected chi connectivity index (χ1v) is 8.67. The van der Waals surface area contributed by atoms with Gasteiger partial charge in [0.1, 0.15) is 17.7 Å². The summed E-state index contributed by atoms with van der Waals surface area (Å²) in [5.41, 5.74) is -0.283. The van der Waals surface area contributed by atoms with Crippen molar-refractivity contribution in [3.63, 3.8) is 0 Å². The van der Waals surface area contributed by atoms with Crippen LogP contribution < -0.4 is 0 Å². The highest BCUT2D eigenvalue weighted by Crippen LogP contribution is 2.11. The first-order valence-electron chi connectivity index (χ1n) is 7.06. The van der Waals surface area contributed by atoms with Crippen LogP contribution in [0.15, 0.2) is 24.3 Å². The Morgan fingerprint density at radius 2 is 2.00 bits per heavy atom. The van der Waals surface area contributed by atoms with Crippen LogP contribution in [0.2, 0.25) is 0 Å². The van der Waals surface area contributed by atoms with Crippen molar-refractivity contribution < 1.29 is 31.6 Å². The van der Waals surface area contributed by atoms with E-state index >= 15 is 0 Å². The molecule has 2 rings (SSSR count). The molecule has 128 valence electrons. The lowest BCUT2D eigenvalue weighted by Crippen LogP contribution is -2.44. The maximum Gasteiger partial charge on any atom is 0.341 e. The van der Waals surface area contributed by atoms with E-state index in [1.807, 2.05) is 4.90 Å². The molecule has 1 atom stereocenters. The van der Waals surface area contributed by atoms with Gasteiger partial charge >= 0.3 is 5.97 Å². The van der Waals surface area contributed by atoms with Crippen molar-refractivity contribution in [2.75, 3.05) is 38.6 Å². The van der Waals surface area contributed by atoms with Gasteiger partial charge in [0.2, 0.25) is 0 Å². The van der Waals surface area contributed by atoms with Gasteiger partial charge in [0.05, 0.1) is 18.8 Å². The second-order valence-corrected chi connectivity index (χ2v) is 6.67. The number of nitrogens with zero attached hydrogens (tertiary/aromatic N) is 1. The molecule has 1 aliphatic rings. The van der Waals surface area contributed by atoms with Gasteiger partial charge in [-0.25, -0.2) is 9.18 Å². The van der Waals surface area contributed by atoms with Gasteiger partial charge in [-0.15, -0.1) is 0 Å². The third kappa shape index (κ3) is 5.87. The van der Waals surface area contributed by atoms with Crippen molar-refractivity contribution in [2.24, 2.45) is 0 Å². The zero-order chi connectivity index (χ0) is 16.9. The second kappa shape index (κ2) is 7.82. The predicted molar refractivity (Wildman–Crippen MR) is 79.3 cm³/mol. The summed E-state index contributed by atoms with van der Waals surface area (Å²) in [6, 6.07) is 5.25. The van der Waals surface area contributed by atoms with Crippen LogP contribution in [-0.2, 0) is 19.6 Å². The number of esters is 1.